The first-order valence-electron chi connectivity index (χ1n) is 8.90. The average molecular weight is 414 g/mol. The summed E-state index contributed by atoms with van der Waals surface area (Å²) < 4.78 is 41.9. The van der Waals surface area contributed by atoms with E-state index in [2.05, 4.69) is 9.72 Å². The van der Waals surface area contributed by atoms with Crippen LogP contribution >= 0.6 is 0 Å². The van der Waals surface area contributed by atoms with E-state index in [4.69, 9.17) is 0 Å². The second-order valence-electron chi connectivity index (χ2n) is 6.44. The molecule has 30 heavy (non-hydrogen) atoms. The summed E-state index contributed by atoms with van der Waals surface area (Å²) in [5.74, 6) is -0.804. The minimum absolute atomic E-state index is 0.0718. The van der Waals surface area contributed by atoms with E-state index in [1.807, 2.05) is 0 Å². The van der Waals surface area contributed by atoms with Gasteiger partial charge in [0.05, 0.1) is 12.2 Å². The molecule has 0 spiro atoms. The number of halogens is 3. The maximum Gasteiger partial charge on any atom is 0.573 e. The third-order valence-corrected chi connectivity index (χ3v) is 4.34. The Labute approximate surface area is 170 Å². The lowest BCUT2D eigenvalue weighted by Crippen LogP contribution is -2.30. The van der Waals surface area contributed by atoms with E-state index in [-0.39, 0.29) is 17.9 Å². The Kier molecular flexibility index (Phi) is 6.15. The number of pyridine rings is 1. The number of carbonyl (C=O) groups is 2. The summed E-state index contributed by atoms with van der Waals surface area (Å²) in [6.07, 6.45) is -3.02. The van der Waals surface area contributed by atoms with E-state index in [9.17, 15) is 22.8 Å². The minimum Gasteiger partial charge on any atom is -0.405 e. The van der Waals surface area contributed by atoms with Crippen LogP contribution in [-0.4, -0.2) is 28.6 Å². The average Bonchev–Trinajstić information content (AvgIpc) is 2.72. The van der Waals surface area contributed by atoms with Gasteiger partial charge in [-0.2, -0.15) is 0 Å². The molecule has 0 atom stereocenters. The molecular formula is C22H17F3N2O3. The van der Waals surface area contributed by atoms with Gasteiger partial charge in [0.1, 0.15) is 5.75 Å². The fraction of sp³-hybridized carbons (Fsp3) is 0.136. The molecule has 1 heterocycles. The zero-order valence-electron chi connectivity index (χ0n) is 15.9. The molecule has 5 nitrogen and oxygen atoms in total. The highest BCUT2D eigenvalue weighted by molar-refractivity contribution is 6.00. The summed E-state index contributed by atoms with van der Waals surface area (Å²) in [5, 5.41) is 0. The predicted molar refractivity (Wildman–Crippen MR) is 103 cm³/mol. The molecule has 2 amide bonds. The topological polar surface area (TPSA) is 59.5 Å². The molecule has 0 N–H and O–H groups in total. The number of aromatic nitrogens is 1. The zero-order chi connectivity index (χ0) is 21.7. The molecule has 8 heteroatoms. The number of carbonyl (C=O) groups excluding carboxylic acids is 2. The highest BCUT2D eigenvalue weighted by atomic mass is 19.4. The summed E-state index contributed by atoms with van der Waals surface area (Å²) in [7, 11) is 0. The number of rotatable bonds is 6. The molecule has 3 aromatic rings. The monoisotopic (exact) mass is 414 g/mol. The largest absolute Gasteiger partial charge is 0.573 e. The van der Waals surface area contributed by atoms with Crippen molar-refractivity contribution in [3.63, 3.8) is 0 Å². The number of hydrogen-bond donors (Lipinski definition) is 0. The van der Waals surface area contributed by atoms with Gasteiger partial charge in [0.25, 0.3) is 5.91 Å². The van der Waals surface area contributed by atoms with E-state index >= 15 is 0 Å². The molecule has 0 aliphatic heterocycles. The Morgan fingerprint density at radius 2 is 1.77 bits per heavy atom. The number of hydrogen-bond acceptors (Lipinski definition) is 4. The molecule has 0 saturated heterocycles. The maximum absolute atomic E-state index is 12.6. The number of ether oxygens (including phenoxy) is 1. The Balaban J connectivity index is 1.80. The first-order chi connectivity index (χ1) is 14.3. The van der Waals surface area contributed by atoms with Gasteiger partial charge in [0, 0.05) is 22.9 Å². The van der Waals surface area contributed by atoms with Crippen LogP contribution in [0, 0.1) is 6.92 Å². The van der Waals surface area contributed by atoms with Crippen molar-refractivity contribution < 1.29 is 27.5 Å². The second kappa shape index (κ2) is 8.77. The van der Waals surface area contributed by atoms with E-state index in [0.29, 0.717) is 23.2 Å². The van der Waals surface area contributed by atoms with Gasteiger partial charge < -0.3 is 4.74 Å². The second-order valence-corrected chi connectivity index (χ2v) is 6.44. The molecule has 0 saturated carbocycles. The van der Waals surface area contributed by atoms with Crippen LogP contribution in [0.1, 0.15) is 21.6 Å². The highest BCUT2D eigenvalue weighted by Gasteiger charge is 2.32. The van der Waals surface area contributed by atoms with Crippen molar-refractivity contribution in [3.05, 3.63) is 83.7 Å². The van der Waals surface area contributed by atoms with Crippen LogP contribution in [0.4, 0.5) is 13.2 Å². The van der Waals surface area contributed by atoms with E-state index < -0.39 is 12.3 Å². The van der Waals surface area contributed by atoms with Crippen molar-refractivity contribution in [2.45, 2.75) is 19.8 Å². The molecule has 0 unspecified atom stereocenters. The van der Waals surface area contributed by atoms with Gasteiger partial charge in [0.2, 0.25) is 6.41 Å². The number of alkyl halides is 3. The van der Waals surface area contributed by atoms with Crippen LogP contribution < -0.4 is 4.74 Å². The number of nitrogens with zero attached hydrogens (tertiary/aromatic N) is 2. The summed E-state index contributed by atoms with van der Waals surface area (Å²) in [6.45, 7) is 1.70. The Morgan fingerprint density at radius 3 is 2.40 bits per heavy atom. The molecule has 0 bridgehead atoms. The Bertz CT molecular complexity index is 1050. The first-order valence-corrected chi connectivity index (χ1v) is 8.90. The van der Waals surface area contributed by atoms with Gasteiger partial charge >= 0.3 is 6.36 Å². The van der Waals surface area contributed by atoms with Gasteiger partial charge in [-0.15, -0.1) is 13.2 Å². The lowest BCUT2D eigenvalue weighted by Gasteiger charge is -2.17. The molecule has 2 aromatic carbocycles. The lowest BCUT2D eigenvalue weighted by atomic mass is 10.1. The Morgan fingerprint density at radius 1 is 1.07 bits per heavy atom. The van der Waals surface area contributed by atoms with E-state index in [1.54, 1.807) is 49.4 Å². The molecule has 0 radical (unpaired) electrons. The fourth-order valence-electron chi connectivity index (χ4n) is 2.90. The summed E-state index contributed by atoms with van der Waals surface area (Å²) in [6, 6.07) is 15.7. The smallest absolute Gasteiger partial charge is 0.405 e. The maximum atomic E-state index is 12.6. The van der Waals surface area contributed by atoms with Gasteiger partial charge in [-0.1, -0.05) is 42.5 Å². The normalized spacial score (nSPS) is 11.1. The molecule has 0 aliphatic carbocycles. The van der Waals surface area contributed by atoms with Crippen LogP contribution in [0.2, 0.25) is 0 Å². The highest BCUT2D eigenvalue weighted by Crippen LogP contribution is 2.33. The predicted octanol–water partition coefficient (Wildman–Crippen LogP) is 4.75. The van der Waals surface area contributed by atoms with E-state index in [0.717, 1.165) is 10.5 Å². The van der Waals surface area contributed by atoms with E-state index in [1.165, 1.54) is 24.4 Å². The molecule has 1 aromatic heterocycles. The van der Waals surface area contributed by atoms with Gasteiger partial charge in [0.15, 0.2) is 0 Å². The van der Waals surface area contributed by atoms with Crippen LogP contribution in [-0.2, 0) is 11.3 Å². The number of aryl methyl sites for hydroxylation is 1. The van der Waals surface area contributed by atoms with Gasteiger partial charge in [-0.05, 0) is 30.7 Å². The standard InChI is InChI=1S/C22H17F3N2O3/c1-15-6-2-3-7-18(15)21(29)27(14-28)13-17-11-10-16(12-26-17)19-8-4-5-9-20(19)30-22(23,24)25/h2-12,14H,13H2,1H3. The molecule has 0 aliphatic rings. The molecule has 0 fully saturated rings. The van der Waals surface area contributed by atoms with Crippen molar-refractivity contribution in [2.75, 3.05) is 0 Å². The third-order valence-electron chi connectivity index (χ3n) is 4.34. The first kappa shape index (κ1) is 21.0. The molecule has 3 rings (SSSR count). The molecular weight excluding hydrogens is 397 g/mol. The summed E-state index contributed by atoms with van der Waals surface area (Å²) in [5.41, 5.74) is 2.17. The molecule has 154 valence electrons. The number of benzene rings is 2. The fourth-order valence-corrected chi connectivity index (χ4v) is 2.90. The van der Waals surface area contributed by atoms with Crippen LogP contribution in [0.3, 0.4) is 0 Å². The summed E-state index contributed by atoms with van der Waals surface area (Å²) in [4.78, 5) is 29.2. The number of amides is 2. The van der Waals surface area contributed by atoms with Crippen LogP contribution in [0.15, 0.2) is 66.9 Å². The van der Waals surface area contributed by atoms with Crippen molar-refractivity contribution >= 4 is 12.3 Å². The van der Waals surface area contributed by atoms with Gasteiger partial charge in [-0.3, -0.25) is 19.5 Å². The van der Waals surface area contributed by atoms with Crippen molar-refractivity contribution in [1.82, 2.24) is 9.88 Å². The SMILES string of the molecule is Cc1ccccc1C(=O)N(C=O)Cc1ccc(-c2ccccc2OC(F)(F)F)cn1. The van der Waals surface area contributed by atoms with Crippen LogP contribution in [0.25, 0.3) is 11.1 Å². The summed E-state index contributed by atoms with van der Waals surface area (Å²) >= 11 is 0. The number of para-hydroxylation sites is 1. The zero-order valence-corrected chi connectivity index (χ0v) is 15.9. The van der Waals surface area contributed by atoms with Crippen molar-refractivity contribution in [2.24, 2.45) is 0 Å². The quantitative estimate of drug-likeness (QED) is 0.546. The van der Waals surface area contributed by atoms with Gasteiger partial charge in [-0.25, -0.2) is 0 Å². The Hall–Kier alpha value is -3.68. The van der Waals surface area contributed by atoms with Crippen LogP contribution in [0.5, 0.6) is 5.75 Å². The van der Waals surface area contributed by atoms with Crippen molar-refractivity contribution in [1.29, 1.82) is 0 Å². The lowest BCUT2D eigenvalue weighted by molar-refractivity contribution is -0.274. The third kappa shape index (κ3) is 5.02. The van der Waals surface area contributed by atoms with Crippen molar-refractivity contribution in [3.8, 4) is 16.9 Å². The minimum atomic E-state index is -4.82. The number of imide groups is 1.